The maximum Gasteiger partial charge on any atom is 0.410 e. The summed E-state index contributed by atoms with van der Waals surface area (Å²) in [5, 5.41) is 13.6. The molecule has 228 valence electrons. The minimum absolute atomic E-state index is 0.158. The Labute approximate surface area is 258 Å². The fourth-order valence-electron chi connectivity index (χ4n) is 5.04. The highest BCUT2D eigenvalue weighted by molar-refractivity contribution is 6.40. The average Bonchev–Trinajstić information content (AvgIpc) is 2.94. The van der Waals surface area contributed by atoms with Crippen molar-refractivity contribution < 1.29 is 23.8 Å². The van der Waals surface area contributed by atoms with E-state index >= 15 is 4.39 Å². The molecule has 3 heterocycles. The second-order valence-corrected chi connectivity index (χ2v) is 12.1. The lowest BCUT2D eigenvalue weighted by atomic mass is 10.1. The zero-order chi connectivity index (χ0) is 31.1. The molecule has 1 atom stereocenters. The summed E-state index contributed by atoms with van der Waals surface area (Å²) in [5.74, 6) is -0.263. The van der Waals surface area contributed by atoms with Crippen molar-refractivity contribution in [1.82, 2.24) is 14.9 Å². The molecule has 14 heteroatoms. The van der Waals surface area contributed by atoms with Crippen molar-refractivity contribution in [2.24, 2.45) is 0 Å². The van der Waals surface area contributed by atoms with Gasteiger partial charge in [-0.1, -0.05) is 29.3 Å². The third-order valence-electron chi connectivity index (χ3n) is 7.03. The van der Waals surface area contributed by atoms with Crippen LogP contribution in [0.25, 0.3) is 0 Å². The first-order valence-electron chi connectivity index (χ1n) is 13.6. The van der Waals surface area contributed by atoms with Crippen molar-refractivity contribution in [3.8, 4) is 0 Å². The van der Waals surface area contributed by atoms with Gasteiger partial charge < -0.3 is 25.0 Å². The lowest BCUT2D eigenvalue weighted by Gasteiger charge is -2.42. The highest BCUT2D eigenvalue weighted by Crippen LogP contribution is 2.37. The van der Waals surface area contributed by atoms with Crippen LogP contribution in [0.2, 0.25) is 10.0 Å². The van der Waals surface area contributed by atoms with Gasteiger partial charge in [0.2, 0.25) is 5.95 Å². The highest BCUT2D eigenvalue weighted by Gasteiger charge is 2.35. The third kappa shape index (κ3) is 6.41. The van der Waals surface area contributed by atoms with Crippen molar-refractivity contribution >= 4 is 64.0 Å². The minimum Gasteiger partial charge on any atom is -0.444 e. The van der Waals surface area contributed by atoms with Crippen LogP contribution in [0.15, 0.2) is 42.6 Å². The van der Waals surface area contributed by atoms with E-state index in [1.165, 1.54) is 22.1 Å². The summed E-state index contributed by atoms with van der Waals surface area (Å²) in [7, 11) is 1.77. The third-order valence-corrected chi connectivity index (χ3v) is 7.64. The number of hydrogen-bond acceptors (Lipinski definition) is 9. The molecule has 2 amide bonds. The predicted octanol–water partition coefficient (Wildman–Crippen LogP) is 5.14. The zero-order valence-electron chi connectivity index (χ0n) is 24.1. The first kappa shape index (κ1) is 30.6. The number of rotatable bonds is 5. The van der Waals surface area contributed by atoms with Crippen LogP contribution in [0.4, 0.5) is 38.0 Å². The van der Waals surface area contributed by atoms with Gasteiger partial charge in [-0.2, -0.15) is 4.98 Å². The second-order valence-electron chi connectivity index (χ2n) is 11.3. The van der Waals surface area contributed by atoms with Gasteiger partial charge in [0.05, 0.1) is 40.7 Å². The van der Waals surface area contributed by atoms with Crippen molar-refractivity contribution in [1.29, 1.82) is 0 Å². The van der Waals surface area contributed by atoms with Crippen LogP contribution in [0.5, 0.6) is 0 Å². The standard InChI is InChI=1S/C29H32Cl2FN7O4/c1-29(2,3)43-28(42)38-11-10-37(14-18(38)15-40)23-9-8-17(12-22(23)32)34-27-33-13-19-25(35-27)36(4)16-39(26(19)41)24-20(30)6-5-7-21(24)31/h5-9,12-13,18,40H,10-11,14-16H2,1-4H3,(H,33,34,35)/t18-/m0/s1. The number of benzene rings is 2. The Morgan fingerprint density at radius 1 is 1.19 bits per heavy atom. The molecule has 2 N–H and O–H groups in total. The molecule has 1 saturated heterocycles. The van der Waals surface area contributed by atoms with Crippen molar-refractivity contribution in [3.63, 3.8) is 0 Å². The summed E-state index contributed by atoms with van der Waals surface area (Å²) in [4.78, 5) is 41.2. The van der Waals surface area contributed by atoms with Gasteiger partial charge in [0.25, 0.3) is 5.91 Å². The lowest BCUT2D eigenvalue weighted by molar-refractivity contribution is 0.00701. The first-order chi connectivity index (χ1) is 20.4. The molecule has 0 radical (unpaired) electrons. The molecule has 1 fully saturated rings. The molecule has 0 spiro atoms. The topological polar surface area (TPSA) is 114 Å². The van der Waals surface area contributed by atoms with Gasteiger partial charge in [0.1, 0.15) is 22.8 Å². The molecular weight excluding hydrogens is 600 g/mol. The number of para-hydroxylation sites is 1. The van der Waals surface area contributed by atoms with E-state index in [1.54, 1.807) is 68.0 Å². The highest BCUT2D eigenvalue weighted by atomic mass is 35.5. The minimum atomic E-state index is -0.666. The Morgan fingerprint density at radius 2 is 1.91 bits per heavy atom. The van der Waals surface area contributed by atoms with Gasteiger partial charge in [-0.15, -0.1) is 0 Å². The van der Waals surface area contributed by atoms with Gasteiger partial charge in [-0.3, -0.25) is 14.6 Å². The Morgan fingerprint density at radius 3 is 2.56 bits per heavy atom. The molecular formula is C29H32Cl2FN7O4. The molecule has 2 aliphatic rings. The maximum atomic E-state index is 15.3. The van der Waals surface area contributed by atoms with Crippen LogP contribution in [0.1, 0.15) is 31.1 Å². The van der Waals surface area contributed by atoms with Crippen LogP contribution in [0.3, 0.4) is 0 Å². The predicted molar refractivity (Wildman–Crippen MR) is 164 cm³/mol. The summed E-state index contributed by atoms with van der Waals surface area (Å²) in [5.41, 5.74) is 0.744. The van der Waals surface area contributed by atoms with Crippen molar-refractivity contribution in [3.05, 3.63) is 64.0 Å². The SMILES string of the molecule is CN1CN(c2c(Cl)cccc2Cl)C(=O)c2cnc(Nc3ccc(N4CCN(C(=O)OC(C)(C)C)[C@H](CO)C4)c(F)c3)nc21. The summed E-state index contributed by atoms with van der Waals surface area (Å²) >= 11 is 12.7. The van der Waals surface area contributed by atoms with Gasteiger partial charge in [0, 0.05) is 38.6 Å². The van der Waals surface area contributed by atoms with Gasteiger partial charge in [-0.05, 0) is 51.1 Å². The van der Waals surface area contributed by atoms with Gasteiger partial charge in [0.15, 0.2) is 0 Å². The number of aromatic nitrogens is 2. The summed E-state index contributed by atoms with van der Waals surface area (Å²) in [6, 6.07) is 9.11. The molecule has 0 aliphatic carbocycles. The number of fused-ring (bicyclic) bond motifs is 1. The van der Waals surface area contributed by atoms with E-state index in [9.17, 15) is 14.7 Å². The fourth-order valence-corrected chi connectivity index (χ4v) is 5.65. The molecule has 43 heavy (non-hydrogen) atoms. The van der Waals surface area contributed by atoms with Crippen molar-refractivity contribution in [2.75, 3.05) is 60.0 Å². The lowest BCUT2D eigenvalue weighted by Crippen LogP contribution is -2.57. The summed E-state index contributed by atoms with van der Waals surface area (Å²) in [6.45, 7) is 6.08. The fraction of sp³-hybridized carbons (Fsp3) is 0.379. The number of hydrogen-bond donors (Lipinski definition) is 2. The van der Waals surface area contributed by atoms with Crippen LogP contribution >= 0.6 is 23.2 Å². The monoisotopic (exact) mass is 631 g/mol. The van der Waals surface area contributed by atoms with Crippen LogP contribution in [-0.2, 0) is 4.74 Å². The second kappa shape index (κ2) is 12.0. The quantitative estimate of drug-likeness (QED) is 0.395. The Bertz CT molecular complexity index is 1530. The van der Waals surface area contributed by atoms with E-state index in [2.05, 4.69) is 15.3 Å². The molecule has 2 aromatic carbocycles. The van der Waals surface area contributed by atoms with Gasteiger partial charge in [-0.25, -0.2) is 14.2 Å². The number of carbonyl (C=O) groups is 2. The number of halogens is 3. The normalized spacial score (nSPS) is 17.2. The van der Waals surface area contributed by atoms with Gasteiger partial charge >= 0.3 is 6.09 Å². The number of carbonyl (C=O) groups excluding carboxylic acids is 2. The molecule has 2 aliphatic heterocycles. The van der Waals surface area contributed by atoms with E-state index < -0.39 is 23.6 Å². The molecule has 0 saturated carbocycles. The largest absolute Gasteiger partial charge is 0.444 e. The Balaban J connectivity index is 1.29. The molecule has 11 nitrogen and oxygen atoms in total. The van der Waals surface area contributed by atoms with E-state index in [-0.39, 0.29) is 43.8 Å². The zero-order valence-corrected chi connectivity index (χ0v) is 25.7. The molecule has 0 unspecified atom stereocenters. The molecule has 0 bridgehead atoms. The number of aliphatic hydroxyl groups is 1. The van der Waals surface area contributed by atoms with E-state index in [0.717, 1.165) is 0 Å². The van der Waals surface area contributed by atoms with Crippen LogP contribution < -0.4 is 20.0 Å². The smallest absolute Gasteiger partial charge is 0.410 e. The number of aliphatic hydroxyl groups excluding tert-OH is 1. The van der Waals surface area contributed by atoms with E-state index in [0.29, 0.717) is 39.5 Å². The van der Waals surface area contributed by atoms with Crippen LogP contribution in [0, 0.1) is 5.82 Å². The number of nitrogens with one attached hydrogen (secondary N) is 1. The molecule has 3 aromatic rings. The summed E-state index contributed by atoms with van der Waals surface area (Å²) < 4.78 is 20.8. The maximum absolute atomic E-state index is 15.3. The Hall–Kier alpha value is -3.87. The van der Waals surface area contributed by atoms with Crippen molar-refractivity contribution in [2.45, 2.75) is 32.4 Å². The number of piperazine rings is 1. The van der Waals surface area contributed by atoms with E-state index in [1.807, 2.05) is 0 Å². The van der Waals surface area contributed by atoms with E-state index in [4.69, 9.17) is 27.9 Å². The summed E-state index contributed by atoms with van der Waals surface area (Å²) in [6.07, 6.45) is 0.897. The molecule has 1 aromatic heterocycles. The Kier molecular flexibility index (Phi) is 8.55. The number of anilines is 5. The first-order valence-corrected chi connectivity index (χ1v) is 14.4. The van der Waals surface area contributed by atoms with Crippen LogP contribution in [-0.4, -0.2) is 83.6 Å². The molecule has 5 rings (SSSR count). The number of amides is 2. The average molecular weight is 633 g/mol. The number of ether oxygens (including phenoxy) is 1. The number of nitrogens with zero attached hydrogens (tertiary/aromatic N) is 6.